The van der Waals surface area contributed by atoms with E-state index >= 15 is 0 Å². The number of likely N-dealkylation sites (N-methyl/N-ethyl adjacent to an activating group) is 1. The number of aromatic nitrogens is 3. The highest BCUT2D eigenvalue weighted by molar-refractivity contribution is 6.31. The monoisotopic (exact) mass is 373 g/mol. The zero-order valence-corrected chi connectivity index (χ0v) is 15.5. The van der Waals surface area contributed by atoms with Crippen LogP contribution in [0.1, 0.15) is 23.2 Å². The largest absolute Gasteiger partial charge is 0.423 e. The number of oxazole rings is 1. The van der Waals surface area contributed by atoms with Crippen molar-refractivity contribution in [2.24, 2.45) is 7.05 Å². The fourth-order valence-corrected chi connectivity index (χ4v) is 3.54. The van der Waals surface area contributed by atoms with E-state index in [9.17, 15) is 4.79 Å². The SMILES string of the molecule is CN(C(=O)c1cnn(C)c1)C1CCCN(c2nc3cc(Cl)ccc3o2)C1. The lowest BCUT2D eigenvalue weighted by atomic mass is 10.0. The lowest BCUT2D eigenvalue weighted by molar-refractivity contribution is 0.0716. The van der Waals surface area contributed by atoms with Crippen molar-refractivity contribution in [1.29, 1.82) is 0 Å². The van der Waals surface area contributed by atoms with Crippen LogP contribution in [0.25, 0.3) is 11.1 Å². The lowest BCUT2D eigenvalue weighted by Gasteiger charge is -2.36. The number of hydrogen-bond acceptors (Lipinski definition) is 5. The second kappa shape index (κ2) is 6.64. The first-order chi connectivity index (χ1) is 12.5. The average molecular weight is 374 g/mol. The quantitative estimate of drug-likeness (QED) is 0.706. The second-order valence-corrected chi connectivity index (χ2v) is 7.11. The van der Waals surface area contributed by atoms with Crippen molar-refractivity contribution in [3.8, 4) is 0 Å². The number of carbonyl (C=O) groups excluding carboxylic acids is 1. The molecule has 1 aliphatic heterocycles. The minimum Gasteiger partial charge on any atom is -0.423 e. The minimum absolute atomic E-state index is 0.0192. The highest BCUT2D eigenvalue weighted by atomic mass is 35.5. The molecule has 1 aliphatic rings. The number of anilines is 1. The van der Waals surface area contributed by atoms with E-state index in [0.29, 0.717) is 28.7 Å². The third kappa shape index (κ3) is 3.14. The zero-order chi connectivity index (χ0) is 18.3. The Bertz CT molecular complexity index is 950. The number of amides is 1. The Morgan fingerprint density at radius 3 is 3.04 bits per heavy atom. The van der Waals surface area contributed by atoms with Crippen LogP contribution in [0.15, 0.2) is 35.0 Å². The number of piperidine rings is 1. The molecule has 136 valence electrons. The van der Waals surface area contributed by atoms with Crippen LogP contribution in [0.5, 0.6) is 0 Å². The number of rotatable bonds is 3. The van der Waals surface area contributed by atoms with Crippen molar-refractivity contribution in [3.63, 3.8) is 0 Å². The molecule has 26 heavy (non-hydrogen) atoms. The molecule has 0 spiro atoms. The fourth-order valence-electron chi connectivity index (χ4n) is 3.37. The minimum atomic E-state index is -0.0192. The molecule has 1 unspecified atom stereocenters. The Morgan fingerprint density at radius 1 is 1.42 bits per heavy atom. The third-order valence-electron chi connectivity index (χ3n) is 4.83. The molecule has 7 nitrogen and oxygen atoms in total. The van der Waals surface area contributed by atoms with E-state index in [2.05, 4.69) is 15.0 Å². The number of aryl methyl sites for hydroxylation is 1. The van der Waals surface area contributed by atoms with Gasteiger partial charge in [0.2, 0.25) is 0 Å². The molecule has 0 saturated carbocycles. The van der Waals surface area contributed by atoms with Gasteiger partial charge in [0, 0.05) is 44.4 Å². The summed E-state index contributed by atoms with van der Waals surface area (Å²) in [5.41, 5.74) is 2.06. The zero-order valence-electron chi connectivity index (χ0n) is 14.7. The van der Waals surface area contributed by atoms with Gasteiger partial charge in [0.05, 0.1) is 11.8 Å². The average Bonchev–Trinajstić information content (AvgIpc) is 3.26. The number of nitrogens with zero attached hydrogens (tertiary/aromatic N) is 5. The number of halogens is 1. The summed E-state index contributed by atoms with van der Waals surface area (Å²) in [7, 11) is 3.65. The number of carbonyl (C=O) groups is 1. The normalized spacial score (nSPS) is 17.7. The van der Waals surface area contributed by atoms with Gasteiger partial charge in [-0.05, 0) is 31.0 Å². The summed E-state index contributed by atoms with van der Waals surface area (Å²) >= 11 is 6.03. The van der Waals surface area contributed by atoms with Crippen molar-refractivity contribution < 1.29 is 9.21 Å². The Balaban J connectivity index is 1.52. The van der Waals surface area contributed by atoms with Crippen LogP contribution in [0.3, 0.4) is 0 Å². The first-order valence-corrected chi connectivity index (χ1v) is 8.96. The maximum absolute atomic E-state index is 12.7. The molecule has 4 rings (SSSR count). The summed E-state index contributed by atoms with van der Waals surface area (Å²) in [4.78, 5) is 21.1. The van der Waals surface area contributed by atoms with Crippen LogP contribution >= 0.6 is 11.6 Å². The smallest absolute Gasteiger partial charge is 0.298 e. The summed E-state index contributed by atoms with van der Waals surface area (Å²) in [5, 5.41) is 4.72. The van der Waals surface area contributed by atoms with E-state index < -0.39 is 0 Å². The van der Waals surface area contributed by atoms with Crippen molar-refractivity contribution >= 4 is 34.6 Å². The molecule has 0 radical (unpaired) electrons. The first-order valence-electron chi connectivity index (χ1n) is 8.58. The Morgan fingerprint density at radius 2 is 2.27 bits per heavy atom. The van der Waals surface area contributed by atoms with Crippen molar-refractivity contribution in [3.05, 3.63) is 41.2 Å². The Hall–Kier alpha value is -2.54. The third-order valence-corrected chi connectivity index (χ3v) is 5.06. The van der Waals surface area contributed by atoms with Gasteiger partial charge in [-0.15, -0.1) is 0 Å². The van der Waals surface area contributed by atoms with Crippen LogP contribution in [0.4, 0.5) is 6.01 Å². The Labute approximate surface area is 156 Å². The van der Waals surface area contributed by atoms with Gasteiger partial charge in [-0.25, -0.2) is 0 Å². The highest BCUT2D eigenvalue weighted by Gasteiger charge is 2.29. The fraction of sp³-hybridized carbons (Fsp3) is 0.389. The number of benzene rings is 1. The molecular weight excluding hydrogens is 354 g/mol. The molecule has 0 N–H and O–H groups in total. The van der Waals surface area contributed by atoms with Crippen LogP contribution in [0.2, 0.25) is 5.02 Å². The van der Waals surface area contributed by atoms with Crippen LogP contribution in [-0.2, 0) is 7.05 Å². The molecule has 1 saturated heterocycles. The van der Waals surface area contributed by atoms with Gasteiger partial charge in [0.15, 0.2) is 5.58 Å². The van der Waals surface area contributed by atoms with Crippen molar-refractivity contribution in [2.75, 3.05) is 25.0 Å². The van der Waals surface area contributed by atoms with E-state index in [4.69, 9.17) is 16.0 Å². The van der Waals surface area contributed by atoms with E-state index in [1.807, 2.05) is 13.1 Å². The van der Waals surface area contributed by atoms with Gasteiger partial charge < -0.3 is 14.2 Å². The molecule has 3 aromatic rings. The van der Waals surface area contributed by atoms with E-state index in [-0.39, 0.29) is 11.9 Å². The highest BCUT2D eigenvalue weighted by Crippen LogP contribution is 2.27. The van der Waals surface area contributed by atoms with Crippen molar-refractivity contribution in [1.82, 2.24) is 19.7 Å². The summed E-state index contributed by atoms with van der Waals surface area (Å²) in [6.45, 7) is 1.54. The molecule has 1 amide bonds. The van der Waals surface area contributed by atoms with Gasteiger partial charge in [-0.1, -0.05) is 11.6 Å². The summed E-state index contributed by atoms with van der Waals surface area (Å²) in [5.74, 6) is -0.0192. The summed E-state index contributed by atoms with van der Waals surface area (Å²) in [6, 6.07) is 6.08. The molecule has 1 fully saturated rings. The van der Waals surface area contributed by atoms with Crippen molar-refractivity contribution in [2.45, 2.75) is 18.9 Å². The standard InChI is InChI=1S/C18H20ClN5O2/c1-22-10-12(9-20-22)17(25)23(2)14-4-3-7-24(11-14)18-21-15-8-13(19)5-6-16(15)26-18/h5-6,8-10,14H,3-4,7,11H2,1-2H3. The van der Waals surface area contributed by atoms with Crippen LogP contribution in [0, 0.1) is 0 Å². The maximum Gasteiger partial charge on any atom is 0.298 e. The van der Waals surface area contributed by atoms with Gasteiger partial charge in [-0.3, -0.25) is 9.48 Å². The molecule has 2 aromatic heterocycles. The summed E-state index contributed by atoms with van der Waals surface area (Å²) in [6.07, 6.45) is 5.26. The molecule has 3 heterocycles. The van der Waals surface area contributed by atoms with E-state index in [1.165, 1.54) is 0 Å². The number of fused-ring (bicyclic) bond motifs is 1. The van der Waals surface area contributed by atoms with E-state index in [0.717, 1.165) is 24.9 Å². The van der Waals surface area contributed by atoms with E-state index in [1.54, 1.807) is 41.2 Å². The van der Waals surface area contributed by atoms with Crippen LogP contribution < -0.4 is 4.90 Å². The van der Waals surface area contributed by atoms with Gasteiger partial charge in [0.25, 0.3) is 11.9 Å². The molecule has 1 aromatic carbocycles. The van der Waals surface area contributed by atoms with Gasteiger partial charge in [0.1, 0.15) is 5.52 Å². The maximum atomic E-state index is 12.7. The number of hydrogen-bond donors (Lipinski definition) is 0. The molecule has 0 bridgehead atoms. The first kappa shape index (κ1) is 16.9. The topological polar surface area (TPSA) is 67.4 Å². The molecule has 1 atom stereocenters. The van der Waals surface area contributed by atoms with Gasteiger partial charge in [-0.2, -0.15) is 10.1 Å². The lowest BCUT2D eigenvalue weighted by Crippen LogP contribution is -2.48. The molecule has 0 aliphatic carbocycles. The predicted octanol–water partition coefficient (Wildman–Crippen LogP) is 2.96. The Kier molecular flexibility index (Phi) is 4.32. The predicted molar refractivity (Wildman–Crippen MR) is 99.6 cm³/mol. The molecular formula is C18H20ClN5O2. The molecule has 8 heteroatoms. The second-order valence-electron chi connectivity index (χ2n) is 6.67. The van der Waals surface area contributed by atoms with Crippen LogP contribution in [-0.4, -0.2) is 51.8 Å². The summed E-state index contributed by atoms with van der Waals surface area (Å²) < 4.78 is 7.52. The van der Waals surface area contributed by atoms with Gasteiger partial charge >= 0.3 is 0 Å².